The number of methoxy groups -OCH3 is 1. The maximum atomic E-state index is 12.8. The number of rotatable bonds is 6. The Bertz CT molecular complexity index is 731. The second-order valence-corrected chi connectivity index (χ2v) is 7.68. The number of urea groups is 1. The zero-order valence-electron chi connectivity index (χ0n) is 15.7. The minimum absolute atomic E-state index is 0.279. The zero-order chi connectivity index (χ0) is 19.2. The SMILES string of the molecule is CCOC(=O)C1=C(C[NH+]2CCSCC2)NC(=O)N[C@@H]1c1cccc(OC)c1. The standard InChI is InChI=1S/C19H25N3O4S/c1-3-26-18(23)16-15(12-22-7-9-27-10-8-22)20-19(24)21-17(16)13-5-4-6-14(11-13)25-2/h4-6,11,17H,3,7-10,12H2,1-2H3,(H2,20,21,24)/p+1/t17-/m1/s1. The van der Waals surface area contributed by atoms with Gasteiger partial charge in [0.25, 0.3) is 0 Å². The van der Waals surface area contributed by atoms with Crippen LogP contribution in [0.1, 0.15) is 18.5 Å². The van der Waals surface area contributed by atoms with Crippen LogP contribution in [0.5, 0.6) is 5.75 Å². The lowest BCUT2D eigenvalue weighted by Gasteiger charge is -2.31. The van der Waals surface area contributed by atoms with Gasteiger partial charge in [-0.05, 0) is 24.6 Å². The van der Waals surface area contributed by atoms with E-state index in [0.29, 0.717) is 23.6 Å². The van der Waals surface area contributed by atoms with Gasteiger partial charge in [0.15, 0.2) is 0 Å². The Kier molecular flexibility index (Phi) is 6.63. The Morgan fingerprint density at radius 2 is 2.11 bits per heavy atom. The smallest absolute Gasteiger partial charge is 0.338 e. The highest BCUT2D eigenvalue weighted by Gasteiger charge is 2.35. The van der Waals surface area contributed by atoms with Crippen LogP contribution in [0.3, 0.4) is 0 Å². The monoisotopic (exact) mass is 392 g/mol. The summed E-state index contributed by atoms with van der Waals surface area (Å²) in [6, 6.07) is 6.50. The minimum Gasteiger partial charge on any atom is -0.497 e. The first-order valence-corrected chi connectivity index (χ1v) is 10.3. The molecule has 1 atom stereocenters. The van der Waals surface area contributed by atoms with Crippen LogP contribution in [-0.2, 0) is 9.53 Å². The fourth-order valence-electron chi connectivity index (χ4n) is 3.37. The van der Waals surface area contributed by atoms with Crippen LogP contribution >= 0.6 is 11.8 Å². The molecule has 146 valence electrons. The second-order valence-electron chi connectivity index (χ2n) is 6.46. The lowest BCUT2D eigenvalue weighted by atomic mass is 9.94. The van der Waals surface area contributed by atoms with Gasteiger partial charge in [0.1, 0.15) is 12.3 Å². The van der Waals surface area contributed by atoms with E-state index in [0.717, 1.165) is 30.2 Å². The van der Waals surface area contributed by atoms with Gasteiger partial charge in [-0.25, -0.2) is 9.59 Å². The highest BCUT2D eigenvalue weighted by Crippen LogP contribution is 2.29. The fraction of sp³-hybridized carbons (Fsp3) is 0.474. The van der Waals surface area contributed by atoms with Gasteiger partial charge in [-0.15, -0.1) is 0 Å². The number of hydrogen-bond acceptors (Lipinski definition) is 5. The van der Waals surface area contributed by atoms with Crippen LogP contribution in [0, 0.1) is 0 Å². The van der Waals surface area contributed by atoms with Gasteiger partial charge in [-0.1, -0.05) is 12.1 Å². The van der Waals surface area contributed by atoms with Gasteiger partial charge in [-0.3, -0.25) is 0 Å². The molecule has 3 rings (SSSR count). The number of amides is 2. The van der Waals surface area contributed by atoms with Gasteiger partial charge < -0.3 is 25.0 Å². The lowest BCUT2D eigenvalue weighted by molar-refractivity contribution is -0.891. The van der Waals surface area contributed by atoms with Crippen molar-refractivity contribution < 1.29 is 24.0 Å². The molecule has 0 unspecified atom stereocenters. The number of carbonyl (C=O) groups excluding carboxylic acids is 2. The van der Waals surface area contributed by atoms with E-state index in [4.69, 9.17) is 9.47 Å². The lowest BCUT2D eigenvalue weighted by Crippen LogP contribution is -3.14. The Balaban J connectivity index is 1.98. The topological polar surface area (TPSA) is 81.1 Å². The Hall–Kier alpha value is -2.19. The molecule has 2 aliphatic heterocycles. The predicted molar refractivity (Wildman–Crippen MR) is 104 cm³/mol. The summed E-state index contributed by atoms with van der Waals surface area (Å²) in [7, 11) is 1.59. The number of thioether (sulfide) groups is 1. The summed E-state index contributed by atoms with van der Waals surface area (Å²) >= 11 is 1.94. The molecule has 0 saturated carbocycles. The van der Waals surface area contributed by atoms with Crippen molar-refractivity contribution in [1.82, 2.24) is 10.6 Å². The molecule has 8 heteroatoms. The quantitative estimate of drug-likeness (QED) is 0.615. The maximum Gasteiger partial charge on any atom is 0.338 e. The van der Waals surface area contributed by atoms with Crippen LogP contribution < -0.4 is 20.3 Å². The third kappa shape index (κ3) is 4.75. The number of quaternary nitrogens is 1. The number of hydrogen-bond donors (Lipinski definition) is 3. The molecule has 0 bridgehead atoms. The van der Waals surface area contributed by atoms with E-state index in [1.807, 2.05) is 36.0 Å². The maximum absolute atomic E-state index is 12.8. The molecule has 1 saturated heterocycles. The summed E-state index contributed by atoms with van der Waals surface area (Å²) in [4.78, 5) is 26.5. The number of esters is 1. The van der Waals surface area contributed by atoms with Gasteiger partial charge in [0.05, 0.1) is 44.1 Å². The van der Waals surface area contributed by atoms with Gasteiger partial charge >= 0.3 is 12.0 Å². The summed E-state index contributed by atoms with van der Waals surface area (Å²) in [6.07, 6.45) is 0. The predicted octanol–water partition coefficient (Wildman–Crippen LogP) is 0.498. The van der Waals surface area contributed by atoms with E-state index in [2.05, 4.69) is 10.6 Å². The van der Waals surface area contributed by atoms with E-state index in [9.17, 15) is 9.59 Å². The van der Waals surface area contributed by atoms with E-state index in [-0.39, 0.29) is 12.6 Å². The molecular weight excluding hydrogens is 366 g/mol. The summed E-state index contributed by atoms with van der Waals surface area (Å²) < 4.78 is 10.6. The highest BCUT2D eigenvalue weighted by molar-refractivity contribution is 7.99. The summed E-state index contributed by atoms with van der Waals surface area (Å²) in [5.41, 5.74) is 1.90. The highest BCUT2D eigenvalue weighted by atomic mass is 32.2. The van der Waals surface area contributed by atoms with Crippen molar-refractivity contribution in [3.8, 4) is 5.75 Å². The largest absolute Gasteiger partial charge is 0.497 e. The van der Waals surface area contributed by atoms with Crippen molar-refractivity contribution in [1.29, 1.82) is 0 Å². The average molecular weight is 393 g/mol. The first kappa shape index (κ1) is 19.6. The Morgan fingerprint density at radius 3 is 2.81 bits per heavy atom. The number of carbonyl (C=O) groups is 2. The van der Waals surface area contributed by atoms with E-state index in [1.165, 1.54) is 4.90 Å². The molecule has 7 nitrogen and oxygen atoms in total. The van der Waals surface area contributed by atoms with Crippen LogP contribution in [0.2, 0.25) is 0 Å². The fourth-order valence-corrected chi connectivity index (χ4v) is 4.44. The molecule has 1 aromatic carbocycles. The molecule has 2 amide bonds. The van der Waals surface area contributed by atoms with E-state index in [1.54, 1.807) is 14.0 Å². The van der Waals surface area contributed by atoms with Gasteiger partial charge in [0, 0.05) is 11.5 Å². The normalized spacial score (nSPS) is 20.7. The van der Waals surface area contributed by atoms with Crippen LogP contribution in [0.25, 0.3) is 0 Å². The third-order valence-corrected chi connectivity index (χ3v) is 5.69. The van der Waals surface area contributed by atoms with Crippen molar-refractivity contribution in [3.05, 3.63) is 41.1 Å². The number of benzene rings is 1. The minimum atomic E-state index is -0.568. The number of ether oxygens (including phenoxy) is 2. The van der Waals surface area contributed by atoms with Crippen LogP contribution in [0.15, 0.2) is 35.5 Å². The van der Waals surface area contributed by atoms with Crippen molar-refractivity contribution in [2.45, 2.75) is 13.0 Å². The molecule has 3 N–H and O–H groups in total. The average Bonchev–Trinajstić information content (AvgIpc) is 2.68. The van der Waals surface area contributed by atoms with Crippen LogP contribution in [-0.4, -0.2) is 56.9 Å². The summed E-state index contributed by atoms with van der Waals surface area (Å²) in [5, 5.41) is 5.71. The summed E-state index contributed by atoms with van der Waals surface area (Å²) in [5.74, 6) is 2.44. The summed E-state index contributed by atoms with van der Waals surface area (Å²) in [6.45, 7) is 4.68. The molecule has 27 heavy (non-hydrogen) atoms. The molecular formula is C19H26N3O4S+. The second kappa shape index (κ2) is 9.14. The van der Waals surface area contributed by atoms with E-state index < -0.39 is 12.0 Å². The van der Waals surface area contributed by atoms with E-state index >= 15 is 0 Å². The van der Waals surface area contributed by atoms with Crippen molar-refractivity contribution in [2.24, 2.45) is 0 Å². The van der Waals surface area contributed by atoms with Gasteiger partial charge in [0.2, 0.25) is 0 Å². The Morgan fingerprint density at radius 1 is 1.33 bits per heavy atom. The zero-order valence-corrected chi connectivity index (χ0v) is 16.5. The van der Waals surface area contributed by atoms with Crippen molar-refractivity contribution >= 4 is 23.8 Å². The molecule has 2 aliphatic rings. The third-order valence-electron chi connectivity index (χ3n) is 4.70. The first-order chi connectivity index (χ1) is 13.1. The van der Waals surface area contributed by atoms with Crippen molar-refractivity contribution in [3.63, 3.8) is 0 Å². The molecule has 2 heterocycles. The number of nitrogens with one attached hydrogen (secondary N) is 3. The van der Waals surface area contributed by atoms with Crippen molar-refractivity contribution in [2.75, 3.05) is 44.9 Å². The molecule has 1 aromatic rings. The molecule has 1 fully saturated rings. The Labute approximate surface area is 163 Å². The molecule has 0 radical (unpaired) electrons. The van der Waals surface area contributed by atoms with Crippen LogP contribution in [0.4, 0.5) is 4.79 Å². The molecule has 0 spiro atoms. The van der Waals surface area contributed by atoms with Gasteiger partial charge in [-0.2, -0.15) is 11.8 Å². The molecule has 0 aliphatic carbocycles. The first-order valence-electron chi connectivity index (χ1n) is 9.15. The molecule has 0 aromatic heterocycles.